The molecule has 0 fully saturated rings. The molecular weight excluding hydrogens is 144 g/mol. The second-order valence-corrected chi connectivity index (χ2v) is 3.99. The van der Waals surface area contributed by atoms with E-state index in [9.17, 15) is 0 Å². The van der Waals surface area contributed by atoms with Crippen LogP contribution in [-0.2, 0) is 0 Å². The second-order valence-electron chi connectivity index (χ2n) is 3.99. The van der Waals surface area contributed by atoms with Gasteiger partial charge in [0.15, 0.2) is 0 Å². The molecule has 0 saturated carbocycles. The van der Waals surface area contributed by atoms with Crippen molar-refractivity contribution >= 4 is 0 Å². The molecular formula is C12H22. The molecule has 0 saturated heterocycles. The van der Waals surface area contributed by atoms with E-state index in [0.29, 0.717) is 0 Å². The van der Waals surface area contributed by atoms with E-state index in [1.807, 2.05) is 0 Å². The summed E-state index contributed by atoms with van der Waals surface area (Å²) in [5.74, 6) is 1.47. The van der Waals surface area contributed by atoms with Crippen molar-refractivity contribution < 1.29 is 0 Å². The standard InChI is InChI=1S/C12H22/c1-7-12(10(4)5)11(6)8-9(2)3/h8,10,12H,2,7H2,1,3-6H3/b11-8-. The van der Waals surface area contributed by atoms with Gasteiger partial charge in [-0.05, 0) is 32.1 Å². The first-order valence-electron chi connectivity index (χ1n) is 4.82. The molecule has 0 heteroatoms. The van der Waals surface area contributed by atoms with E-state index in [4.69, 9.17) is 0 Å². The zero-order valence-corrected chi connectivity index (χ0v) is 9.15. The van der Waals surface area contributed by atoms with Crippen LogP contribution in [0.2, 0.25) is 0 Å². The van der Waals surface area contributed by atoms with Crippen molar-refractivity contribution in [3.8, 4) is 0 Å². The van der Waals surface area contributed by atoms with Crippen LogP contribution in [0.1, 0.15) is 41.0 Å². The maximum atomic E-state index is 3.89. The average Bonchev–Trinajstić information content (AvgIpc) is 1.85. The predicted molar refractivity (Wildman–Crippen MR) is 57.2 cm³/mol. The smallest absolute Gasteiger partial charge is 0.0182 e. The van der Waals surface area contributed by atoms with Crippen LogP contribution in [0.4, 0.5) is 0 Å². The lowest BCUT2D eigenvalue weighted by Gasteiger charge is -2.19. The van der Waals surface area contributed by atoms with Crippen LogP contribution in [0, 0.1) is 11.8 Å². The molecule has 0 aliphatic heterocycles. The fourth-order valence-corrected chi connectivity index (χ4v) is 1.81. The van der Waals surface area contributed by atoms with Gasteiger partial charge in [0.1, 0.15) is 0 Å². The molecule has 0 amide bonds. The first-order chi connectivity index (χ1) is 5.49. The number of hydrogen-bond acceptors (Lipinski definition) is 0. The van der Waals surface area contributed by atoms with Crippen molar-refractivity contribution in [2.75, 3.05) is 0 Å². The Labute approximate surface area is 77.4 Å². The molecule has 1 unspecified atom stereocenters. The minimum atomic E-state index is 0.724. The molecule has 0 aliphatic rings. The molecule has 0 radical (unpaired) electrons. The van der Waals surface area contributed by atoms with Crippen molar-refractivity contribution in [1.29, 1.82) is 0 Å². The summed E-state index contributed by atoms with van der Waals surface area (Å²) in [7, 11) is 0. The van der Waals surface area contributed by atoms with E-state index in [0.717, 1.165) is 17.4 Å². The third-order valence-corrected chi connectivity index (χ3v) is 2.30. The summed E-state index contributed by atoms with van der Waals surface area (Å²) in [6.45, 7) is 15.0. The second kappa shape index (κ2) is 5.18. The third-order valence-electron chi connectivity index (χ3n) is 2.30. The van der Waals surface area contributed by atoms with E-state index in [1.165, 1.54) is 12.0 Å². The Kier molecular flexibility index (Phi) is 4.96. The lowest BCUT2D eigenvalue weighted by molar-refractivity contribution is 0.430. The molecule has 0 aromatic carbocycles. The minimum absolute atomic E-state index is 0.724. The van der Waals surface area contributed by atoms with E-state index >= 15 is 0 Å². The monoisotopic (exact) mass is 166 g/mol. The van der Waals surface area contributed by atoms with Crippen molar-refractivity contribution in [3.05, 3.63) is 23.8 Å². The van der Waals surface area contributed by atoms with Crippen LogP contribution in [0.5, 0.6) is 0 Å². The van der Waals surface area contributed by atoms with Crippen LogP contribution < -0.4 is 0 Å². The summed E-state index contributed by atoms with van der Waals surface area (Å²) in [4.78, 5) is 0. The Hall–Kier alpha value is -0.520. The van der Waals surface area contributed by atoms with Gasteiger partial charge < -0.3 is 0 Å². The molecule has 70 valence electrons. The quantitative estimate of drug-likeness (QED) is 0.549. The Bertz CT molecular complexity index is 172. The maximum Gasteiger partial charge on any atom is -0.0182 e. The van der Waals surface area contributed by atoms with Crippen LogP contribution in [-0.4, -0.2) is 0 Å². The van der Waals surface area contributed by atoms with Gasteiger partial charge in [-0.15, -0.1) is 0 Å². The van der Waals surface area contributed by atoms with Gasteiger partial charge in [0.25, 0.3) is 0 Å². The highest BCUT2D eigenvalue weighted by atomic mass is 14.2. The fourth-order valence-electron chi connectivity index (χ4n) is 1.81. The number of rotatable bonds is 4. The van der Waals surface area contributed by atoms with Gasteiger partial charge in [0, 0.05) is 0 Å². The van der Waals surface area contributed by atoms with Crippen molar-refractivity contribution in [3.63, 3.8) is 0 Å². The zero-order valence-electron chi connectivity index (χ0n) is 9.15. The van der Waals surface area contributed by atoms with E-state index < -0.39 is 0 Å². The molecule has 0 rings (SSSR count). The lowest BCUT2D eigenvalue weighted by atomic mass is 9.86. The molecule has 0 aromatic heterocycles. The van der Waals surface area contributed by atoms with Crippen molar-refractivity contribution in [1.82, 2.24) is 0 Å². The Morgan fingerprint density at radius 1 is 1.33 bits per heavy atom. The normalized spacial score (nSPS) is 15.0. The van der Waals surface area contributed by atoms with Crippen LogP contribution in [0.3, 0.4) is 0 Å². The number of hydrogen-bond donors (Lipinski definition) is 0. The summed E-state index contributed by atoms with van der Waals surface area (Å²) in [6, 6.07) is 0. The lowest BCUT2D eigenvalue weighted by Crippen LogP contribution is -2.08. The van der Waals surface area contributed by atoms with Crippen molar-refractivity contribution in [2.24, 2.45) is 11.8 Å². The largest absolute Gasteiger partial charge is 0.0961 e. The molecule has 0 heterocycles. The topological polar surface area (TPSA) is 0 Å². The van der Waals surface area contributed by atoms with E-state index in [-0.39, 0.29) is 0 Å². The molecule has 0 bridgehead atoms. The van der Waals surface area contributed by atoms with Crippen molar-refractivity contribution in [2.45, 2.75) is 41.0 Å². The predicted octanol–water partition coefficient (Wildman–Crippen LogP) is 4.19. The average molecular weight is 166 g/mol. The van der Waals surface area contributed by atoms with Gasteiger partial charge in [0.2, 0.25) is 0 Å². The SMILES string of the molecule is C=C(C)/C=C(/C)C(CC)C(C)C. The summed E-state index contributed by atoms with van der Waals surface area (Å²) in [6.07, 6.45) is 3.43. The van der Waals surface area contributed by atoms with E-state index in [1.54, 1.807) is 0 Å². The Balaban J connectivity index is 4.40. The van der Waals surface area contributed by atoms with Crippen LogP contribution in [0.15, 0.2) is 23.8 Å². The highest BCUT2D eigenvalue weighted by Gasteiger charge is 2.11. The highest BCUT2D eigenvalue weighted by Crippen LogP contribution is 2.24. The summed E-state index contributed by atoms with van der Waals surface area (Å²) in [5, 5.41) is 0. The highest BCUT2D eigenvalue weighted by molar-refractivity contribution is 5.19. The van der Waals surface area contributed by atoms with Crippen LogP contribution in [0.25, 0.3) is 0 Å². The maximum absolute atomic E-state index is 3.89. The zero-order chi connectivity index (χ0) is 9.72. The molecule has 0 nitrogen and oxygen atoms in total. The van der Waals surface area contributed by atoms with Gasteiger partial charge in [-0.3, -0.25) is 0 Å². The molecule has 0 aromatic rings. The summed E-state index contributed by atoms with van der Waals surface area (Å²) < 4.78 is 0. The molecule has 0 aliphatic carbocycles. The third kappa shape index (κ3) is 3.75. The summed E-state index contributed by atoms with van der Waals surface area (Å²) in [5.41, 5.74) is 2.63. The van der Waals surface area contributed by atoms with Gasteiger partial charge >= 0.3 is 0 Å². The summed E-state index contributed by atoms with van der Waals surface area (Å²) >= 11 is 0. The molecule has 1 atom stereocenters. The van der Waals surface area contributed by atoms with E-state index in [2.05, 4.69) is 47.3 Å². The van der Waals surface area contributed by atoms with Gasteiger partial charge in [-0.2, -0.15) is 0 Å². The van der Waals surface area contributed by atoms with Gasteiger partial charge in [0.05, 0.1) is 0 Å². The Morgan fingerprint density at radius 2 is 1.83 bits per heavy atom. The van der Waals surface area contributed by atoms with Gasteiger partial charge in [-0.1, -0.05) is 44.6 Å². The number of allylic oxidation sites excluding steroid dienone is 3. The molecule has 0 N–H and O–H groups in total. The molecule has 12 heavy (non-hydrogen) atoms. The first-order valence-corrected chi connectivity index (χ1v) is 4.82. The minimum Gasteiger partial charge on any atom is -0.0961 e. The van der Waals surface area contributed by atoms with Crippen LogP contribution >= 0.6 is 0 Å². The Morgan fingerprint density at radius 3 is 2.08 bits per heavy atom. The van der Waals surface area contributed by atoms with Gasteiger partial charge in [-0.25, -0.2) is 0 Å². The molecule has 0 spiro atoms. The fraction of sp³-hybridized carbons (Fsp3) is 0.667. The first kappa shape index (κ1) is 11.5.